The third-order valence-corrected chi connectivity index (χ3v) is 1.02. The van der Waals surface area contributed by atoms with Gasteiger partial charge in [-0.2, -0.15) is 0 Å². The summed E-state index contributed by atoms with van der Waals surface area (Å²) in [6, 6.07) is 0. The maximum Gasteiger partial charge on any atom is 0.526 e. The van der Waals surface area contributed by atoms with Crippen LogP contribution in [-0.2, 0) is 4.74 Å². The molecule has 0 saturated heterocycles. The summed E-state index contributed by atoms with van der Waals surface area (Å²) < 4.78 is 4.78. The molecule has 0 aromatic heterocycles. The van der Waals surface area contributed by atoms with Crippen molar-refractivity contribution in [2.45, 2.75) is 0 Å². The van der Waals surface area contributed by atoms with Gasteiger partial charge in [-0.1, -0.05) is 12.2 Å². The van der Waals surface area contributed by atoms with Gasteiger partial charge in [0.05, 0.1) is 6.26 Å². The topological polar surface area (TPSA) is 49.7 Å². The van der Waals surface area contributed by atoms with E-state index in [-0.39, 0.29) is 5.66 Å². The van der Waals surface area contributed by atoms with Gasteiger partial charge in [-0.15, -0.1) is 0 Å². The van der Waals surface area contributed by atoms with Crippen molar-refractivity contribution in [2.75, 3.05) is 0 Å². The summed E-state index contributed by atoms with van der Waals surface area (Å²) in [6.45, 7) is 0. The summed E-state index contributed by atoms with van der Waals surface area (Å²) in [5, 5.41) is 17.2. The fourth-order valence-electron chi connectivity index (χ4n) is 0.564. The summed E-state index contributed by atoms with van der Waals surface area (Å²) in [6.07, 6.45) is 7.93. The molecule has 0 amide bonds. The van der Waals surface area contributed by atoms with E-state index in [2.05, 4.69) is 0 Å². The molecule has 1 aliphatic rings. The third-order valence-electron chi connectivity index (χ3n) is 1.02. The van der Waals surface area contributed by atoms with E-state index in [0.717, 1.165) is 0 Å². The van der Waals surface area contributed by atoms with Gasteiger partial charge < -0.3 is 14.8 Å². The number of hydrogen-bond donors (Lipinski definition) is 2. The van der Waals surface area contributed by atoms with E-state index >= 15 is 0 Å². The fourth-order valence-corrected chi connectivity index (χ4v) is 0.564. The van der Waals surface area contributed by atoms with Crippen molar-refractivity contribution in [3.8, 4) is 0 Å². The minimum absolute atomic E-state index is 0.130. The normalized spacial score (nSPS) is 15.6. The highest BCUT2D eigenvalue weighted by Gasteiger charge is 2.15. The summed E-state index contributed by atoms with van der Waals surface area (Å²) in [5.74, 6) is 0. The molecule has 3 nitrogen and oxygen atoms in total. The Balaban J connectivity index is 2.68. The lowest BCUT2D eigenvalue weighted by Gasteiger charge is -2.00. The first kappa shape index (κ1) is 7.12. The van der Waals surface area contributed by atoms with Gasteiger partial charge in [-0.05, 0) is 12.2 Å². The van der Waals surface area contributed by atoms with E-state index in [9.17, 15) is 0 Å². The Morgan fingerprint density at radius 2 is 2.00 bits per heavy atom. The van der Waals surface area contributed by atoms with Crippen molar-refractivity contribution in [3.63, 3.8) is 0 Å². The van der Waals surface area contributed by atoms with Crippen molar-refractivity contribution in [3.05, 3.63) is 36.2 Å². The Bertz CT molecular complexity index is 193. The average Bonchev–Trinajstić information content (AvgIpc) is 2.12. The monoisotopic (exact) mass is 138 g/mol. The molecule has 0 bridgehead atoms. The highest BCUT2D eigenvalue weighted by Crippen LogP contribution is 2.03. The van der Waals surface area contributed by atoms with Crippen LogP contribution >= 0.6 is 0 Å². The molecule has 0 aromatic carbocycles. The van der Waals surface area contributed by atoms with Crippen LogP contribution in [-0.4, -0.2) is 17.2 Å². The minimum Gasteiger partial charge on any atom is -0.473 e. The molecule has 0 spiro atoms. The van der Waals surface area contributed by atoms with Crippen molar-refractivity contribution >= 4 is 7.12 Å². The van der Waals surface area contributed by atoms with Gasteiger partial charge in [0.25, 0.3) is 0 Å². The molecule has 0 aromatic rings. The number of hydrogen-bond acceptors (Lipinski definition) is 3. The standard InChI is InChI=1S/C6H7BO3/c8-7(9)6-4-2-1-3-5-10-6/h1-5,8-9H. The predicted octanol–water partition coefficient (Wildman–Crippen LogP) is -0.0176. The molecule has 0 aliphatic carbocycles. The highest BCUT2D eigenvalue weighted by atomic mass is 16.5. The van der Waals surface area contributed by atoms with Crippen molar-refractivity contribution in [2.24, 2.45) is 0 Å². The molecule has 0 fully saturated rings. The van der Waals surface area contributed by atoms with Crippen molar-refractivity contribution in [1.82, 2.24) is 0 Å². The first-order valence-corrected chi connectivity index (χ1v) is 2.87. The molecular formula is C6H7BO3. The molecule has 0 unspecified atom stereocenters. The van der Waals surface area contributed by atoms with Crippen LogP contribution in [0.25, 0.3) is 0 Å². The van der Waals surface area contributed by atoms with E-state index in [1.165, 1.54) is 12.3 Å². The molecule has 0 atom stereocenters. The van der Waals surface area contributed by atoms with Crippen LogP contribution in [0.3, 0.4) is 0 Å². The molecular weight excluding hydrogens is 131 g/mol. The molecule has 10 heavy (non-hydrogen) atoms. The van der Waals surface area contributed by atoms with Gasteiger partial charge in [-0.25, -0.2) is 0 Å². The largest absolute Gasteiger partial charge is 0.526 e. The van der Waals surface area contributed by atoms with Crippen LogP contribution in [0.5, 0.6) is 0 Å². The van der Waals surface area contributed by atoms with E-state index in [0.29, 0.717) is 0 Å². The maximum absolute atomic E-state index is 8.60. The van der Waals surface area contributed by atoms with Crippen LogP contribution < -0.4 is 0 Å². The first-order chi connectivity index (χ1) is 4.80. The zero-order chi connectivity index (χ0) is 7.40. The van der Waals surface area contributed by atoms with Crippen LogP contribution in [0, 0.1) is 0 Å². The van der Waals surface area contributed by atoms with Crippen LogP contribution in [0.15, 0.2) is 36.2 Å². The summed E-state index contributed by atoms with van der Waals surface area (Å²) in [5.41, 5.74) is 0.130. The average molecular weight is 138 g/mol. The molecule has 1 rings (SSSR count). The van der Waals surface area contributed by atoms with Gasteiger partial charge in [-0.3, -0.25) is 0 Å². The third kappa shape index (κ3) is 1.75. The number of ether oxygens (including phenoxy) is 1. The van der Waals surface area contributed by atoms with Crippen molar-refractivity contribution in [1.29, 1.82) is 0 Å². The second-order valence-corrected chi connectivity index (χ2v) is 1.77. The molecule has 52 valence electrons. The van der Waals surface area contributed by atoms with E-state index < -0.39 is 7.12 Å². The van der Waals surface area contributed by atoms with E-state index in [1.54, 1.807) is 18.2 Å². The molecule has 4 heteroatoms. The first-order valence-electron chi connectivity index (χ1n) is 2.87. The van der Waals surface area contributed by atoms with Gasteiger partial charge >= 0.3 is 7.12 Å². The summed E-state index contributed by atoms with van der Waals surface area (Å²) >= 11 is 0. The number of rotatable bonds is 1. The van der Waals surface area contributed by atoms with Crippen LogP contribution in [0.1, 0.15) is 0 Å². The van der Waals surface area contributed by atoms with Crippen LogP contribution in [0.2, 0.25) is 0 Å². The Kier molecular flexibility index (Phi) is 2.31. The molecule has 0 radical (unpaired) electrons. The fraction of sp³-hybridized carbons (Fsp3) is 0. The second-order valence-electron chi connectivity index (χ2n) is 1.77. The highest BCUT2D eigenvalue weighted by molar-refractivity contribution is 6.49. The Morgan fingerprint density at radius 3 is 2.70 bits per heavy atom. The molecule has 0 saturated carbocycles. The van der Waals surface area contributed by atoms with Crippen LogP contribution in [0.4, 0.5) is 0 Å². The smallest absolute Gasteiger partial charge is 0.473 e. The SMILES string of the molecule is OB(O)C1=CC=CC=CO1. The lowest BCUT2D eigenvalue weighted by atomic mass is 9.88. The Morgan fingerprint density at radius 1 is 1.20 bits per heavy atom. The summed E-state index contributed by atoms with van der Waals surface area (Å²) in [7, 11) is -1.53. The Hall–Kier alpha value is -0.995. The zero-order valence-corrected chi connectivity index (χ0v) is 5.27. The Labute approximate surface area is 59.1 Å². The van der Waals surface area contributed by atoms with Gasteiger partial charge in [0.2, 0.25) is 0 Å². The molecule has 2 N–H and O–H groups in total. The maximum atomic E-state index is 8.60. The van der Waals surface area contributed by atoms with E-state index in [1.807, 2.05) is 0 Å². The van der Waals surface area contributed by atoms with Gasteiger partial charge in [0.1, 0.15) is 5.66 Å². The second kappa shape index (κ2) is 3.24. The van der Waals surface area contributed by atoms with Gasteiger partial charge in [0, 0.05) is 0 Å². The summed E-state index contributed by atoms with van der Waals surface area (Å²) in [4.78, 5) is 0. The predicted molar refractivity (Wildman–Crippen MR) is 37.6 cm³/mol. The van der Waals surface area contributed by atoms with E-state index in [4.69, 9.17) is 14.8 Å². The van der Waals surface area contributed by atoms with Gasteiger partial charge in [0.15, 0.2) is 0 Å². The molecule has 1 aliphatic heterocycles. The number of allylic oxidation sites excluding steroid dienone is 4. The zero-order valence-electron chi connectivity index (χ0n) is 5.27. The van der Waals surface area contributed by atoms with Crippen molar-refractivity contribution < 1.29 is 14.8 Å². The lowest BCUT2D eigenvalue weighted by molar-refractivity contribution is 0.324. The lowest BCUT2D eigenvalue weighted by Crippen LogP contribution is -2.15. The minimum atomic E-state index is -1.53. The molecule has 1 heterocycles. The quantitative estimate of drug-likeness (QED) is 0.500.